The van der Waals surface area contributed by atoms with Gasteiger partial charge >= 0.3 is 0 Å². The minimum absolute atomic E-state index is 0.315. The van der Waals surface area contributed by atoms with Crippen LogP contribution in [0, 0.1) is 10.1 Å². The van der Waals surface area contributed by atoms with Gasteiger partial charge in [-0.15, -0.1) is 5.10 Å². The lowest BCUT2D eigenvalue weighted by molar-refractivity contribution is -0.526. The molecule has 0 spiro atoms. The predicted octanol–water partition coefficient (Wildman–Crippen LogP) is 0.502. The first kappa shape index (κ1) is 15.6. The number of fused-ring (bicyclic) bond motifs is 1. The number of hydrogen-bond donors (Lipinski definition) is 4. The van der Waals surface area contributed by atoms with Crippen LogP contribution in [0.1, 0.15) is 18.8 Å². The molecule has 0 bridgehead atoms. The lowest BCUT2D eigenvalue weighted by Gasteiger charge is -2.18. The number of rotatable bonds is 4. The monoisotopic (exact) mass is 347 g/mol. The van der Waals surface area contributed by atoms with Gasteiger partial charge in [0.05, 0.1) is 6.04 Å². The van der Waals surface area contributed by atoms with Crippen molar-refractivity contribution >= 4 is 11.6 Å². The van der Waals surface area contributed by atoms with Crippen LogP contribution in [0.4, 0.5) is 11.6 Å². The van der Waals surface area contributed by atoms with Crippen molar-refractivity contribution in [3.05, 3.63) is 34.1 Å². The average molecular weight is 347 g/mol. The Kier molecular flexibility index (Phi) is 3.86. The van der Waals surface area contributed by atoms with E-state index in [1.54, 1.807) is 19.1 Å². The van der Waals surface area contributed by atoms with Crippen LogP contribution in [-0.2, 0) is 0 Å². The molecule has 1 fully saturated rings. The minimum Gasteiger partial charge on any atom is -0.486 e. The highest BCUT2D eigenvalue weighted by Crippen LogP contribution is 2.33. The van der Waals surface area contributed by atoms with Crippen molar-refractivity contribution in [1.29, 1.82) is 0 Å². The van der Waals surface area contributed by atoms with Gasteiger partial charge in [0.2, 0.25) is 5.95 Å². The van der Waals surface area contributed by atoms with Gasteiger partial charge in [0, 0.05) is 16.7 Å². The number of nitro groups is 1. The van der Waals surface area contributed by atoms with E-state index in [1.807, 2.05) is 6.07 Å². The molecule has 3 heterocycles. The smallest absolute Gasteiger partial charge is 0.252 e. The van der Waals surface area contributed by atoms with E-state index in [0.717, 1.165) is 5.69 Å². The van der Waals surface area contributed by atoms with Crippen LogP contribution in [0.15, 0.2) is 18.2 Å². The first-order chi connectivity index (χ1) is 12.1. The number of ether oxygens (including phenoxy) is 2. The van der Waals surface area contributed by atoms with E-state index in [4.69, 9.17) is 9.47 Å². The normalized spacial score (nSPS) is 24.9. The Labute approximate surface area is 142 Å². The molecule has 0 saturated carbocycles. The van der Waals surface area contributed by atoms with Crippen LogP contribution in [0.2, 0.25) is 0 Å². The fourth-order valence-electron chi connectivity index (χ4n) is 2.93. The van der Waals surface area contributed by atoms with Gasteiger partial charge in [-0.25, -0.2) is 10.9 Å². The molecule has 3 unspecified atom stereocenters. The van der Waals surface area contributed by atoms with Crippen LogP contribution in [0.3, 0.4) is 0 Å². The fraction of sp³-hybridized carbons (Fsp3) is 0.429. The average Bonchev–Trinajstić information content (AvgIpc) is 3.21. The van der Waals surface area contributed by atoms with Gasteiger partial charge in [-0.3, -0.25) is 15.2 Å². The van der Waals surface area contributed by atoms with Crippen molar-refractivity contribution in [3.63, 3.8) is 0 Å². The third-order valence-corrected chi connectivity index (χ3v) is 4.16. The third kappa shape index (κ3) is 2.94. The molecule has 0 aliphatic carbocycles. The number of nitrogens with one attached hydrogen (secondary N) is 4. The highest BCUT2D eigenvalue weighted by Gasteiger charge is 2.45. The maximum absolute atomic E-state index is 11.3. The second-order valence-corrected chi connectivity index (χ2v) is 5.86. The van der Waals surface area contributed by atoms with Crippen LogP contribution in [-0.4, -0.2) is 45.4 Å². The van der Waals surface area contributed by atoms with Crippen molar-refractivity contribution in [2.75, 3.05) is 18.5 Å². The summed E-state index contributed by atoms with van der Waals surface area (Å²) in [6, 6.07) is 3.67. The molecule has 1 saturated heterocycles. The van der Waals surface area contributed by atoms with Crippen molar-refractivity contribution in [2.45, 2.75) is 25.0 Å². The summed E-state index contributed by atoms with van der Waals surface area (Å²) in [6.45, 7) is 2.77. The van der Waals surface area contributed by atoms with E-state index < -0.39 is 12.1 Å². The molecule has 0 amide bonds. The SMILES string of the molecule is CC1NNC(c2nc(Nc3ccc4c(c3)OCCO4)n[nH]2)C1[N+](=O)[O-]. The quantitative estimate of drug-likeness (QED) is 0.460. The maximum Gasteiger partial charge on any atom is 0.252 e. The van der Waals surface area contributed by atoms with Gasteiger partial charge in [-0.1, -0.05) is 0 Å². The molecule has 2 aliphatic rings. The van der Waals surface area contributed by atoms with E-state index in [9.17, 15) is 10.1 Å². The lowest BCUT2D eigenvalue weighted by atomic mass is 10.1. The number of aromatic nitrogens is 3. The van der Waals surface area contributed by atoms with Crippen LogP contribution in [0.5, 0.6) is 11.5 Å². The van der Waals surface area contributed by atoms with Gasteiger partial charge in [0.1, 0.15) is 19.3 Å². The summed E-state index contributed by atoms with van der Waals surface area (Å²) in [5.41, 5.74) is 6.47. The van der Waals surface area contributed by atoms with Crippen LogP contribution < -0.4 is 25.6 Å². The van der Waals surface area contributed by atoms with Gasteiger partial charge in [0.25, 0.3) is 6.04 Å². The second kappa shape index (κ2) is 6.18. The molecule has 25 heavy (non-hydrogen) atoms. The van der Waals surface area contributed by atoms with Gasteiger partial charge in [-0.2, -0.15) is 4.98 Å². The number of aromatic amines is 1. The van der Waals surface area contributed by atoms with Crippen LogP contribution >= 0.6 is 0 Å². The number of benzene rings is 1. The van der Waals surface area contributed by atoms with E-state index in [-0.39, 0.29) is 11.0 Å². The van der Waals surface area contributed by atoms with Crippen molar-refractivity contribution < 1.29 is 14.4 Å². The topological polar surface area (TPSA) is 139 Å². The largest absolute Gasteiger partial charge is 0.486 e. The molecule has 132 valence electrons. The Morgan fingerprint density at radius 3 is 2.88 bits per heavy atom. The number of H-pyrrole nitrogens is 1. The van der Waals surface area contributed by atoms with Crippen molar-refractivity contribution in [2.24, 2.45) is 0 Å². The summed E-state index contributed by atoms with van der Waals surface area (Å²) in [6.07, 6.45) is 0. The summed E-state index contributed by atoms with van der Waals surface area (Å²) in [5.74, 6) is 2.04. The molecule has 1 aromatic heterocycles. The molecule has 0 radical (unpaired) electrons. The van der Waals surface area contributed by atoms with E-state index in [1.165, 1.54) is 0 Å². The summed E-state index contributed by atoms with van der Waals surface area (Å²) in [7, 11) is 0. The van der Waals surface area contributed by atoms with E-state index >= 15 is 0 Å². The first-order valence-electron chi connectivity index (χ1n) is 7.85. The molecule has 11 nitrogen and oxygen atoms in total. The number of hydrogen-bond acceptors (Lipinski definition) is 9. The van der Waals surface area contributed by atoms with E-state index in [2.05, 4.69) is 31.3 Å². The van der Waals surface area contributed by atoms with Crippen LogP contribution in [0.25, 0.3) is 0 Å². The molecule has 4 rings (SSSR count). The van der Waals surface area contributed by atoms with E-state index in [0.29, 0.717) is 36.5 Å². The minimum atomic E-state index is -0.838. The molecule has 11 heteroatoms. The highest BCUT2D eigenvalue weighted by molar-refractivity contribution is 5.59. The molecular formula is C14H17N7O4. The highest BCUT2D eigenvalue weighted by atomic mass is 16.6. The Morgan fingerprint density at radius 1 is 1.28 bits per heavy atom. The third-order valence-electron chi connectivity index (χ3n) is 4.16. The number of anilines is 2. The number of nitrogens with zero attached hydrogens (tertiary/aromatic N) is 3. The lowest BCUT2D eigenvalue weighted by Crippen LogP contribution is -2.35. The number of hydrazine groups is 1. The summed E-state index contributed by atoms with van der Waals surface area (Å²) in [5, 5.41) is 21.1. The zero-order chi connectivity index (χ0) is 17.4. The standard InChI is InChI=1S/C14H17N7O4/c1-7-12(21(22)23)11(18-17-7)13-16-14(20-19-13)15-8-2-3-9-10(6-8)25-5-4-24-9/h2-3,6-7,11-12,17-18H,4-5H2,1H3,(H2,15,16,19,20). The maximum atomic E-state index is 11.3. The molecular weight excluding hydrogens is 330 g/mol. The molecule has 2 aliphatic heterocycles. The Bertz CT molecular complexity index is 795. The van der Waals surface area contributed by atoms with Crippen molar-refractivity contribution in [3.8, 4) is 11.5 Å². The molecule has 4 N–H and O–H groups in total. The zero-order valence-electron chi connectivity index (χ0n) is 13.4. The Hall–Kier alpha value is -2.92. The van der Waals surface area contributed by atoms with Gasteiger partial charge in [0.15, 0.2) is 17.3 Å². The molecule has 3 atom stereocenters. The zero-order valence-corrected chi connectivity index (χ0v) is 13.4. The summed E-state index contributed by atoms with van der Waals surface area (Å²) < 4.78 is 11.0. The Balaban J connectivity index is 1.51. The Morgan fingerprint density at radius 2 is 2.08 bits per heavy atom. The van der Waals surface area contributed by atoms with Gasteiger partial charge < -0.3 is 14.8 Å². The fourth-order valence-corrected chi connectivity index (χ4v) is 2.93. The summed E-state index contributed by atoms with van der Waals surface area (Å²) in [4.78, 5) is 15.2. The predicted molar refractivity (Wildman–Crippen MR) is 86.4 cm³/mol. The van der Waals surface area contributed by atoms with Crippen molar-refractivity contribution in [1.82, 2.24) is 26.0 Å². The van der Waals surface area contributed by atoms with Gasteiger partial charge in [-0.05, 0) is 19.1 Å². The molecule has 1 aromatic carbocycles. The first-order valence-corrected chi connectivity index (χ1v) is 7.85. The summed E-state index contributed by atoms with van der Waals surface area (Å²) >= 11 is 0. The molecule has 2 aromatic rings. The second-order valence-electron chi connectivity index (χ2n) is 5.86.